The second-order valence-corrected chi connectivity index (χ2v) is 7.78. The molecule has 0 bridgehead atoms. The monoisotopic (exact) mass is 363 g/mol. The van der Waals surface area contributed by atoms with Gasteiger partial charge in [-0.15, -0.1) is 0 Å². The van der Waals surface area contributed by atoms with Crippen molar-refractivity contribution in [2.75, 3.05) is 4.72 Å². The van der Waals surface area contributed by atoms with Gasteiger partial charge in [0.1, 0.15) is 5.82 Å². The molecule has 26 heavy (non-hydrogen) atoms. The minimum Gasteiger partial charge on any atom is -0.338 e. The van der Waals surface area contributed by atoms with Crippen molar-refractivity contribution < 1.29 is 8.42 Å². The first-order valence-electron chi connectivity index (χ1n) is 8.16. The average Bonchev–Trinajstić information content (AvgIpc) is 3.07. The van der Waals surface area contributed by atoms with E-state index in [1.165, 1.54) is 0 Å². The highest BCUT2D eigenvalue weighted by Gasteiger charge is 2.16. The van der Waals surface area contributed by atoms with Gasteiger partial charge in [0, 0.05) is 11.3 Å². The van der Waals surface area contributed by atoms with Crippen LogP contribution in [0, 0.1) is 6.92 Å². The first-order chi connectivity index (χ1) is 12.5. The molecule has 1 aromatic heterocycles. The van der Waals surface area contributed by atoms with E-state index in [4.69, 9.17) is 0 Å². The van der Waals surface area contributed by atoms with Crippen LogP contribution in [0.4, 0.5) is 5.69 Å². The van der Waals surface area contributed by atoms with Crippen LogP contribution in [-0.4, -0.2) is 18.4 Å². The van der Waals surface area contributed by atoms with Crippen molar-refractivity contribution in [3.05, 3.63) is 78.4 Å². The zero-order valence-corrected chi connectivity index (χ0v) is 14.9. The molecule has 130 valence electrons. The van der Waals surface area contributed by atoms with Gasteiger partial charge < -0.3 is 4.98 Å². The smallest absolute Gasteiger partial charge is 0.261 e. The van der Waals surface area contributed by atoms with Crippen molar-refractivity contribution in [2.24, 2.45) is 0 Å². The molecule has 0 unspecified atom stereocenters. The Labute approximate surface area is 151 Å². The van der Waals surface area contributed by atoms with Gasteiger partial charge in [0.15, 0.2) is 0 Å². The number of nitrogens with zero attached hydrogens (tertiary/aromatic N) is 1. The van der Waals surface area contributed by atoms with Gasteiger partial charge in [-0.25, -0.2) is 13.4 Å². The van der Waals surface area contributed by atoms with E-state index < -0.39 is 10.0 Å². The number of aryl methyl sites for hydroxylation is 1. The summed E-state index contributed by atoms with van der Waals surface area (Å²) in [5, 5.41) is 0. The normalized spacial score (nSPS) is 11.6. The fraction of sp³-hybridized carbons (Fsp3) is 0.0500. The number of imidazole rings is 1. The molecular weight excluding hydrogens is 346 g/mol. The number of H-pyrrole nitrogens is 1. The Morgan fingerprint density at radius 2 is 1.65 bits per heavy atom. The van der Waals surface area contributed by atoms with Crippen molar-refractivity contribution in [2.45, 2.75) is 11.8 Å². The van der Waals surface area contributed by atoms with Gasteiger partial charge in [0.2, 0.25) is 0 Å². The topological polar surface area (TPSA) is 74.8 Å². The molecule has 0 aliphatic heterocycles. The highest BCUT2D eigenvalue weighted by molar-refractivity contribution is 7.92. The van der Waals surface area contributed by atoms with Crippen molar-refractivity contribution in [1.29, 1.82) is 0 Å². The molecule has 0 atom stereocenters. The van der Waals surface area contributed by atoms with Crippen molar-refractivity contribution in [3.8, 4) is 11.4 Å². The second kappa shape index (κ2) is 6.31. The van der Waals surface area contributed by atoms with E-state index >= 15 is 0 Å². The number of hydrogen-bond donors (Lipinski definition) is 2. The molecule has 4 rings (SSSR count). The molecule has 0 saturated heterocycles. The lowest BCUT2D eigenvalue weighted by Crippen LogP contribution is -2.12. The number of fused-ring (bicyclic) bond motifs is 1. The molecule has 0 saturated carbocycles. The molecule has 0 amide bonds. The average molecular weight is 363 g/mol. The zero-order chi connectivity index (χ0) is 18.1. The Kier molecular flexibility index (Phi) is 3.97. The number of rotatable bonds is 4. The molecule has 0 fully saturated rings. The highest BCUT2D eigenvalue weighted by atomic mass is 32.2. The summed E-state index contributed by atoms with van der Waals surface area (Å²) in [4.78, 5) is 7.91. The van der Waals surface area contributed by atoms with Gasteiger partial charge in [-0.3, -0.25) is 4.72 Å². The van der Waals surface area contributed by atoms with Crippen LogP contribution in [-0.2, 0) is 10.0 Å². The molecule has 4 aromatic rings. The van der Waals surface area contributed by atoms with E-state index in [1.807, 2.05) is 49.4 Å². The van der Waals surface area contributed by atoms with Gasteiger partial charge >= 0.3 is 0 Å². The van der Waals surface area contributed by atoms with Crippen LogP contribution in [0.15, 0.2) is 77.7 Å². The fourth-order valence-electron chi connectivity index (χ4n) is 2.72. The lowest BCUT2D eigenvalue weighted by Gasteiger charge is -2.08. The molecule has 5 nitrogen and oxygen atoms in total. The van der Waals surface area contributed by atoms with Crippen LogP contribution in [0.5, 0.6) is 0 Å². The number of aromatic amines is 1. The lowest BCUT2D eigenvalue weighted by atomic mass is 10.2. The zero-order valence-electron chi connectivity index (χ0n) is 14.1. The van der Waals surface area contributed by atoms with Crippen LogP contribution in [0.3, 0.4) is 0 Å². The largest absolute Gasteiger partial charge is 0.338 e. The molecular formula is C20H17N3O2S. The van der Waals surface area contributed by atoms with Crippen molar-refractivity contribution in [1.82, 2.24) is 9.97 Å². The minimum absolute atomic E-state index is 0.189. The summed E-state index contributed by atoms with van der Waals surface area (Å²) in [5.74, 6) is 0.710. The van der Waals surface area contributed by atoms with Gasteiger partial charge in [0.25, 0.3) is 10.0 Å². The number of sulfonamides is 1. The van der Waals surface area contributed by atoms with Crippen molar-refractivity contribution in [3.63, 3.8) is 0 Å². The number of anilines is 1. The van der Waals surface area contributed by atoms with E-state index in [0.717, 1.165) is 16.6 Å². The molecule has 0 aliphatic rings. The molecule has 1 heterocycles. The Hall–Kier alpha value is -3.12. The molecule has 6 heteroatoms. The third-order valence-electron chi connectivity index (χ3n) is 4.11. The van der Waals surface area contributed by atoms with E-state index in [-0.39, 0.29) is 4.90 Å². The fourth-order valence-corrected chi connectivity index (χ4v) is 3.81. The standard InChI is InChI=1S/C20H17N3O2S/c1-14-7-9-16(10-8-14)23-26(24,25)17-11-12-18-19(13-17)22-20(21-18)15-5-3-2-4-6-15/h2-13,23H,1H3,(H,21,22). The summed E-state index contributed by atoms with van der Waals surface area (Å²) in [6.45, 7) is 1.95. The van der Waals surface area contributed by atoms with Gasteiger partial charge in [-0.05, 0) is 37.3 Å². The van der Waals surface area contributed by atoms with Crippen LogP contribution in [0.1, 0.15) is 5.56 Å². The van der Waals surface area contributed by atoms with Crippen LogP contribution < -0.4 is 4.72 Å². The van der Waals surface area contributed by atoms with E-state index in [2.05, 4.69) is 14.7 Å². The summed E-state index contributed by atoms with van der Waals surface area (Å²) < 4.78 is 27.9. The van der Waals surface area contributed by atoms with E-state index in [1.54, 1.807) is 30.3 Å². The number of aromatic nitrogens is 2. The van der Waals surface area contributed by atoms with Gasteiger partial charge in [-0.2, -0.15) is 0 Å². The van der Waals surface area contributed by atoms with Crippen molar-refractivity contribution >= 4 is 26.7 Å². The summed E-state index contributed by atoms with van der Waals surface area (Å²) in [6.07, 6.45) is 0. The molecule has 2 N–H and O–H groups in total. The predicted octanol–water partition coefficient (Wildman–Crippen LogP) is 4.34. The maximum Gasteiger partial charge on any atom is 0.261 e. The van der Waals surface area contributed by atoms with Crippen LogP contribution in [0.2, 0.25) is 0 Å². The summed E-state index contributed by atoms with van der Waals surface area (Å²) in [7, 11) is -3.67. The first kappa shape index (κ1) is 16.4. The Morgan fingerprint density at radius 1 is 0.923 bits per heavy atom. The van der Waals surface area contributed by atoms with E-state index in [9.17, 15) is 8.42 Å². The quantitative estimate of drug-likeness (QED) is 0.566. The van der Waals surface area contributed by atoms with Crippen LogP contribution in [0.25, 0.3) is 22.4 Å². The Balaban J connectivity index is 1.69. The molecule has 0 radical (unpaired) electrons. The Morgan fingerprint density at radius 3 is 2.38 bits per heavy atom. The second-order valence-electron chi connectivity index (χ2n) is 6.10. The first-order valence-corrected chi connectivity index (χ1v) is 9.64. The lowest BCUT2D eigenvalue weighted by molar-refractivity contribution is 0.601. The summed E-state index contributed by atoms with van der Waals surface area (Å²) in [6, 6.07) is 21.8. The third kappa shape index (κ3) is 3.19. The summed E-state index contributed by atoms with van der Waals surface area (Å²) >= 11 is 0. The number of hydrogen-bond acceptors (Lipinski definition) is 3. The third-order valence-corrected chi connectivity index (χ3v) is 5.49. The van der Waals surface area contributed by atoms with Gasteiger partial charge in [0.05, 0.1) is 15.9 Å². The minimum atomic E-state index is -3.67. The van der Waals surface area contributed by atoms with E-state index in [0.29, 0.717) is 17.0 Å². The van der Waals surface area contributed by atoms with Gasteiger partial charge in [-0.1, -0.05) is 48.0 Å². The predicted molar refractivity (Wildman–Crippen MR) is 104 cm³/mol. The Bertz CT molecular complexity index is 1160. The summed E-state index contributed by atoms with van der Waals surface area (Å²) in [5.41, 5.74) is 3.95. The number of nitrogens with one attached hydrogen (secondary N) is 2. The molecule has 0 spiro atoms. The SMILES string of the molecule is Cc1ccc(NS(=O)(=O)c2ccc3nc(-c4ccccc4)[nH]c3c2)cc1. The van der Waals surface area contributed by atoms with Crippen LogP contribution >= 0.6 is 0 Å². The maximum atomic E-state index is 12.7. The highest BCUT2D eigenvalue weighted by Crippen LogP contribution is 2.24. The molecule has 0 aliphatic carbocycles. The molecule has 3 aromatic carbocycles. The maximum absolute atomic E-state index is 12.7. The number of benzene rings is 3.